The maximum atomic E-state index is 13.0. The van der Waals surface area contributed by atoms with Crippen LogP contribution in [-0.2, 0) is 6.54 Å². The molecule has 1 N–H and O–H groups in total. The van der Waals surface area contributed by atoms with Gasteiger partial charge in [0.05, 0.1) is 5.56 Å². The maximum Gasteiger partial charge on any atom is 0.252 e. The van der Waals surface area contributed by atoms with Crippen molar-refractivity contribution in [3.8, 4) is 0 Å². The lowest BCUT2D eigenvalue weighted by Crippen LogP contribution is -2.23. The van der Waals surface area contributed by atoms with Crippen molar-refractivity contribution >= 4 is 49.4 Å². The van der Waals surface area contributed by atoms with Crippen LogP contribution in [0.1, 0.15) is 15.9 Å². The van der Waals surface area contributed by atoms with Gasteiger partial charge in [0.25, 0.3) is 5.91 Å². The Bertz CT molecular complexity index is 664. The SMILES string of the molecule is O=C(NCc1ccc(Br)cc1Cl)c1ccc(F)cc1Br. The number of carbonyl (C=O) groups excluding carboxylic acids is 1. The van der Waals surface area contributed by atoms with E-state index >= 15 is 0 Å². The van der Waals surface area contributed by atoms with Crippen LogP contribution in [0.4, 0.5) is 4.39 Å². The Morgan fingerprint density at radius 1 is 1.20 bits per heavy atom. The van der Waals surface area contributed by atoms with Crippen molar-refractivity contribution in [1.82, 2.24) is 5.32 Å². The molecule has 0 aliphatic carbocycles. The Labute approximate surface area is 137 Å². The fraction of sp³-hybridized carbons (Fsp3) is 0.0714. The number of hydrogen-bond donors (Lipinski definition) is 1. The average molecular weight is 421 g/mol. The minimum atomic E-state index is -0.399. The summed E-state index contributed by atoms with van der Waals surface area (Å²) in [5, 5.41) is 3.31. The van der Waals surface area contributed by atoms with E-state index in [1.165, 1.54) is 18.2 Å². The highest BCUT2D eigenvalue weighted by atomic mass is 79.9. The summed E-state index contributed by atoms with van der Waals surface area (Å²) in [7, 11) is 0. The van der Waals surface area contributed by atoms with E-state index in [1.54, 1.807) is 6.07 Å². The minimum absolute atomic E-state index is 0.295. The van der Waals surface area contributed by atoms with Gasteiger partial charge in [-0.1, -0.05) is 33.6 Å². The van der Waals surface area contributed by atoms with Gasteiger partial charge in [-0.25, -0.2) is 4.39 Å². The first-order valence-corrected chi connectivity index (χ1v) is 7.61. The van der Waals surface area contributed by atoms with Gasteiger partial charge in [-0.2, -0.15) is 0 Å². The number of benzene rings is 2. The van der Waals surface area contributed by atoms with Gasteiger partial charge in [0.1, 0.15) is 5.82 Å². The molecule has 20 heavy (non-hydrogen) atoms. The summed E-state index contributed by atoms with van der Waals surface area (Å²) in [6.45, 7) is 0.300. The molecule has 0 heterocycles. The Hall–Kier alpha value is -0.910. The molecule has 0 radical (unpaired) electrons. The van der Waals surface area contributed by atoms with Crippen molar-refractivity contribution in [3.63, 3.8) is 0 Å². The van der Waals surface area contributed by atoms with Crippen molar-refractivity contribution in [2.24, 2.45) is 0 Å². The molecule has 2 rings (SSSR count). The van der Waals surface area contributed by atoms with Crippen LogP contribution in [0, 0.1) is 5.82 Å². The number of rotatable bonds is 3. The van der Waals surface area contributed by atoms with Crippen molar-refractivity contribution in [2.75, 3.05) is 0 Å². The van der Waals surface area contributed by atoms with E-state index in [-0.39, 0.29) is 5.91 Å². The van der Waals surface area contributed by atoms with Crippen LogP contribution in [-0.4, -0.2) is 5.91 Å². The van der Waals surface area contributed by atoms with E-state index in [1.807, 2.05) is 12.1 Å². The Morgan fingerprint density at radius 2 is 1.95 bits per heavy atom. The average Bonchev–Trinajstić information content (AvgIpc) is 2.37. The Balaban J connectivity index is 2.08. The quantitative estimate of drug-likeness (QED) is 0.748. The van der Waals surface area contributed by atoms with E-state index in [9.17, 15) is 9.18 Å². The molecule has 0 saturated heterocycles. The van der Waals surface area contributed by atoms with Gasteiger partial charge in [0, 0.05) is 20.5 Å². The maximum absolute atomic E-state index is 13.0. The van der Waals surface area contributed by atoms with Crippen LogP contribution < -0.4 is 5.32 Å². The number of amides is 1. The normalized spacial score (nSPS) is 10.4. The molecule has 0 spiro atoms. The highest BCUT2D eigenvalue weighted by Gasteiger charge is 2.11. The summed E-state index contributed by atoms with van der Waals surface area (Å²) < 4.78 is 14.3. The van der Waals surface area contributed by atoms with Gasteiger partial charge < -0.3 is 5.32 Å². The molecule has 0 unspecified atom stereocenters. The summed E-state index contributed by atoms with van der Waals surface area (Å²) in [6, 6.07) is 9.36. The summed E-state index contributed by atoms with van der Waals surface area (Å²) in [5.74, 6) is -0.694. The van der Waals surface area contributed by atoms with Crippen LogP contribution in [0.2, 0.25) is 5.02 Å². The second kappa shape index (κ2) is 6.70. The molecule has 2 nitrogen and oxygen atoms in total. The lowest BCUT2D eigenvalue weighted by atomic mass is 10.2. The lowest BCUT2D eigenvalue weighted by Gasteiger charge is -2.08. The van der Waals surface area contributed by atoms with E-state index in [0.29, 0.717) is 21.6 Å². The van der Waals surface area contributed by atoms with Crippen molar-refractivity contribution < 1.29 is 9.18 Å². The van der Waals surface area contributed by atoms with Gasteiger partial charge in [0.2, 0.25) is 0 Å². The second-order valence-electron chi connectivity index (χ2n) is 4.04. The number of hydrogen-bond acceptors (Lipinski definition) is 1. The molecular weight excluding hydrogens is 412 g/mol. The fourth-order valence-electron chi connectivity index (χ4n) is 1.61. The zero-order valence-corrected chi connectivity index (χ0v) is 14.0. The first kappa shape index (κ1) is 15.5. The third-order valence-corrected chi connectivity index (χ3v) is 4.13. The van der Waals surface area contributed by atoms with Gasteiger partial charge in [-0.3, -0.25) is 4.79 Å². The molecule has 0 aliphatic heterocycles. The van der Waals surface area contributed by atoms with Crippen LogP contribution in [0.25, 0.3) is 0 Å². The highest BCUT2D eigenvalue weighted by molar-refractivity contribution is 9.10. The predicted molar refractivity (Wildman–Crippen MR) is 84.4 cm³/mol. The Kier molecular flexibility index (Phi) is 5.18. The summed E-state index contributed by atoms with van der Waals surface area (Å²) in [4.78, 5) is 12.0. The Morgan fingerprint density at radius 3 is 2.60 bits per heavy atom. The van der Waals surface area contributed by atoms with Crippen LogP contribution in [0.3, 0.4) is 0 Å². The molecule has 104 valence electrons. The molecule has 2 aromatic rings. The zero-order valence-electron chi connectivity index (χ0n) is 10.1. The van der Waals surface area contributed by atoms with Gasteiger partial charge in [-0.05, 0) is 51.8 Å². The number of nitrogens with one attached hydrogen (secondary N) is 1. The summed E-state index contributed by atoms with van der Waals surface area (Å²) >= 11 is 12.6. The minimum Gasteiger partial charge on any atom is -0.348 e. The topological polar surface area (TPSA) is 29.1 Å². The first-order valence-electron chi connectivity index (χ1n) is 5.64. The smallest absolute Gasteiger partial charge is 0.252 e. The van der Waals surface area contributed by atoms with E-state index in [2.05, 4.69) is 37.2 Å². The van der Waals surface area contributed by atoms with Crippen molar-refractivity contribution in [3.05, 3.63) is 67.3 Å². The van der Waals surface area contributed by atoms with E-state index < -0.39 is 5.82 Å². The molecule has 0 fully saturated rings. The van der Waals surface area contributed by atoms with Crippen molar-refractivity contribution in [1.29, 1.82) is 0 Å². The van der Waals surface area contributed by atoms with Crippen molar-refractivity contribution in [2.45, 2.75) is 6.54 Å². The zero-order chi connectivity index (χ0) is 14.7. The molecule has 0 bridgehead atoms. The summed E-state index contributed by atoms with van der Waals surface area (Å²) in [6.07, 6.45) is 0. The number of halogens is 4. The molecule has 0 atom stereocenters. The van der Waals surface area contributed by atoms with Crippen LogP contribution in [0.15, 0.2) is 45.3 Å². The standard InChI is InChI=1S/C14H9Br2ClFNO/c15-9-2-1-8(13(17)5-9)7-19-14(20)11-4-3-10(18)6-12(11)16/h1-6H,7H2,(H,19,20). The molecule has 6 heteroatoms. The highest BCUT2D eigenvalue weighted by Crippen LogP contribution is 2.22. The predicted octanol–water partition coefficient (Wildman–Crippen LogP) is 4.93. The lowest BCUT2D eigenvalue weighted by molar-refractivity contribution is 0.0950. The van der Waals surface area contributed by atoms with Gasteiger partial charge in [0.15, 0.2) is 0 Å². The molecule has 2 aromatic carbocycles. The second-order valence-corrected chi connectivity index (χ2v) is 6.22. The molecule has 0 aliphatic rings. The molecule has 0 saturated carbocycles. The largest absolute Gasteiger partial charge is 0.348 e. The molecule has 1 amide bonds. The summed E-state index contributed by atoms with van der Waals surface area (Å²) in [5.41, 5.74) is 1.18. The molecular formula is C14H9Br2ClFNO. The van der Waals surface area contributed by atoms with Crippen LogP contribution >= 0.6 is 43.5 Å². The van der Waals surface area contributed by atoms with Gasteiger partial charge in [-0.15, -0.1) is 0 Å². The molecule has 0 aromatic heterocycles. The third kappa shape index (κ3) is 3.81. The third-order valence-electron chi connectivity index (χ3n) is 2.63. The number of carbonyl (C=O) groups is 1. The van der Waals surface area contributed by atoms with Crippen LogP contribution in [0.5, 0.6) is 0 Å². The first-order chi connectivity index (χ1) is 9.47. The van der Waals surface area contributed by atoms with Gasteiger partial charge >= 0.3 is 0 Å². The monoisotopic (exact) mass is 419 g/mol. The van der Waals surface area contributed by atoms with E-state index in [4.69, 9.17) is 11.6 Å². The van der Waals surface area contributed by atoms with E-state index in [0.717, 1.165) is 10.0 Å². The fourth-order valence-corrected chi connectivity index (χ4v) is 2.88.